The maximum Gasteiger partial charge on any atom is 0.237 e. The largest absolute Gasteiger partial charge is 0.351 e. The summed E-state index contributed by atoms with van der Waals surface area (Å²) in [7, 11) is 0. The van der Waals surface area contributed by atoms with Gasteiger partial charge >= 0.3 is 0 Å². The van der Waals surface area contributed by atoms with E-state index in [1.54, 1.807) is 0 Å². The van der Waals surface area contributed by atoms with Crippen molar-refractivity contribution in [3.63, 3.8) is 0 Å². The normalized spacial score (nSPS) is 15.1. The topological polar surface area (TPSA) is 58.4 Å². The lowest BCUT2D eigenvalue weighted by atomic mass is 10.2. The van der Waals surface area contributed by atoms with E-state index in [0.29, 0.717) is 6.42 Å². The van der Waals surface area contributed by atoms with Crippen LogP contribution >= 0.6 is 0 Å². The van der Waals surface area contributed by atoms with Gasteiger partial charge in [0.1, 0.15) is 0 Å². The van der Waals surface area contributed by atoms with Crippen LogP contribution in [0.2, 0.25) is 0 Å². The van der Waals surface area contributed by atoms with Crippen molar-refractivity contribution in [2.24, 2.45) is 5.73 Å². The number of rotatable bonds is 7. The summed E-state index contributed by atoms with van der Waals surface area (Å²) in [5, 5.41) is 2.92. The van der Waals surface area contributed by atoms with Crippen molar-refractivity contribution >= 4 is 5.91 Å². The monoisotopic (exact) mass is 215 g/mol. The molecule has 0 aliphatic carbocycles. The molecule has 3 N–H and O–H groups in total. The molecule has 0 aliphatic rings. The number of amides is 1. The van der Waals surface area contributed by atoms with Gasteiger partial charge in [-0.25, -0.2) is 0 Å². The lowest BCUT2D eigenvalue weighted by Gasteiger charge is -2.24. The van der Waals surface area contributed by atoms with Gasteiger partial charge in [-0.2, -0.15) is 0 Å². The van der Waals surface area contributed by atoms with Gasteiger partial charge in [0.05, 0.1) is 6.04 Å². The molecule has 0 aromatic heterocycles. The minimum absolute atomic E-state index is 0.0443. The molecule has 0 bridgehead atoms. The highest BCUT2D eigenvalue weighted by molar-refractivity contribution is 5.81. The number of nitrogens with two attached hydrogens (primary N) is 1. The molecule has 0 aromatic rings. The summed E-state index contributed by atoms with van der Waals surface area (Å²) in [5.74, 6) is -0.0443. The Labute approximate surface area is 93.2 Å². The summed E-state index contributed by atoms with van der Waals surface area (Å²) in [5.41, 5.74) is 5.63. The predicted molar refractivity (Wildman–Crippen MR) is 63.7 cm³/mol. The van der Waals surface area contributed by atoms with Gasteiger partial charge < -0.3 is 16.0 Å². The first-order chi connectivity index (χ1) is 7.04. The Hall–Kier alpha value is -0.610. The van der Waals surface area contributed by atoms with E-state index in [0.717, 1.165) is 19.6 Å². The zero-order valence-corrected chi connectivity index (χ0v) is 10.4. The Morgan fingerprint density at radius 3 is 2.27 bits per heavy atom. The molecular formula is C11H25N3O. The molecule has 0 saturated heterocycles. The maximum absolute atomic E-state index is 11.5. The molecule has 1 amide bonds. The maximum atomic E-state index is 11.5. The van der Waals surface area contributed by atoms with E-state index in [4.69, 9.17) is 5.73 Å². The van der Waals surface area contributed by atoms with Crippen LogP contribution in [0.25, 0.3) is 0 Å². The Morgan fingerprint density at radius 1 is 1.33 bits per heavy atom. The fraction of sp³-hybridized carbons (Fsp3) is 0.909. The first-order valence-electron chi connectivity index (χ1n) is 5.83. The van der Waals surface area contributed by atoms with E-state index < -0.39 is 0 Å². The summed E-state index contributed by atoms with van der Waals surface area (Å²) in [6.07, 6.45) is 0.684. The second-order valence-electron chi connectivity index (χ2n) is 3.91. The molecule has 1 unspecified atom stereocenters. The predicted octanol–water partition coefficient (Wildman–Crippen LogP) is 0.570. The number of carbonyl (C=O) groups excluding carboxylic acids is 1. The van der Waals surface area contributed by atoms with Crippen molar-refractivity contribution < 1.29 is 4.79 Å². The molecular weight excluding hydrogens is 190 g/mol. The molecule has 0 fully saturated rings. The van der Waals surface area contributed by atoms with E-state index in [1.807, 2.05) is 13.8 Å². The van der Waals surface area contributed by atoms with Crippen LogP contribution in [0.5, 0.6) is 0 Å². The Balaban J connectivity index is 3.91. The molecule has 90 valence electrons. The fourth-order valence-corrected chi connectivity index (χ4v) is 1.45. The van der Waals surface area contributed by atoms with Gasteiger partial charge in [0.2, 0.25) is 5.91 Å². The van der Waals surface area contributed by atoms with Crippen LogP contribution in [0.15, 0.2) is 0 Å². The zero-order chi connectivity index (χ0) is 11.8. The van der Waals surface area contributed by atoms with Crippen LogP contribution in [0.3, 0.4) is 0 Å². The number of hydrogen-bond donors (Lipinski definition) is 2. The van der Waals surface area contributed by atoms with Crippen molar-refractivity contribution in [3.8, 4) is 0 Å². The lowest BCUT2D eigenvalue weighted by molar-refractivity contribution is -0.123. The molecule has 0 saturated carbocycles. The first kappa shape index (κ1) is 14.4. The summed E-state index contributed by atoms with van der Waals surface area (Å²) in [6.45, 7) is 11.1. The van der Waals surface area contributed by atoms with E-state index >= 15 is 0 Å². The highest BCUT2D eigenvalue weighted by atomic mass is 16.2. The van der Waals surface area contributed by atoms with Crippen LogP contribution < -0.4 is 11.1 Å². The second kappa shape index (κ2) is 7.65. The number of nitrogens with zero attached hydrogens (tertiary/aromatic N) is 1. The number of nitrogens with one attached hydrogen (secondary N) is 1. The highest BCUT2D eigenvalue weighted by Crippen LogP contribution is 1.93. The summed E-state index contributed by atoms with van der Waals surface area (Å²) < 4.78 is 0. The lowest BCUT2D eigenvalue weighted by Crippen LogP contribution is -2.48. The summed E-state index contributed by atoms with van der Waals surface area (Å²) in [4.78, 5) is 13.8. The van der Waals surface area contributed by atoms with Crippen LogP contribution in [0.1, 0.15) is 34.1 Å². The summed E-state index contributed by atoms with van der Waals surface area (Å²) in [6, 6.07) is -0.209. The Bertz CT molecular complexity index is 181. The molecule has 0 rings (SSSR count). The van der Waals surface area contributed by atoms with Crippen molar-refractivity contribution in [1.82, 2.24) is 10.2 Å². The molecule has 0 aromatic carbocycles. The number of likely N-dealkylation sites (N-methyl/N-ethyl adjacent to an activating group) is 1. The fourth-order valence-electron chi connectivity index (χ4n) is 1.45. The standard InChI is InChI=1S/C11H25N3O/c1-5-10(12)11(15)13-9(4)8-14(6-2)7-3/h9-10H,5-8,12H2,1-4H3,(H,13,15)/t9?,10-/m1/s1. The molecule has 0 radical (unpaired) electrons. The van der Waals surface area contributed by atoms with E-state index in [-0.39, 0.29) is 18.0 Å². The minimum Gasteiger partial charge on any atom is -0.351 e. The van der Waals surface area contributed by atoms with Crippen molar-refractivity contribution in [2.45, 2.75) is 46.2 Å². The van der Waals surface area contributed by atoms with Crippen LogP contribution in [-0.4, -0.2) is 42.5 Å². The third-order valence-corrected chi connectivity index (χ3v) is 2.59. The van der Waals surface area contributed by atoms with Crippen LogP contribution in [-0.2, 0) is 4.79 Å². The smallest absolute Gasteiger partial charge is 0.237 e. The van der Waals surface area contributed by atoms with E-state index in [2.05, 4.69) is 24.1 Å². The average molecular weight is 215 g/mol. The Morgan fingerprint density at radius 2 is 1.87 bits per heavy atom. The van der Waals surface area contributed by atoms with Crippen LogP contribution in [0, 0.1) is 0 Å². The van der Waals surface area contributed by atoms with Gasteiger partial charge in [-0.05, 0) is 26.4 Å². The SMILES string of the molecule is CC[C@@H](N)C(=O)NC(C)CN(CC)CC. The molecule has 0 heterocycles. The van der Waals surface area contributed by atoms with Gasteiger partial charge in [-0.3, -0.25) is 4.79 Å². The van der Waals surface area contributed by atoms with Crippen molar-refractivity contribution in [2.75, 3.05) is 19.6 Å². The molecule has 4 nitrogen and oxygen atoms in total. The summed E-state index contributed by atoms with van der Waals surface area (Å²) >= 11 is 0. The highest BCUT2D eigenvalue weighted by Gasteiger charge is 2.14. The number of hydrogen-bond acceptors (Lipinski definition) is 3. The van der Waals surface area contributed by atoms with Gasteiger partial charge in [0, 0.05) is 12.6 Å². The molecule has 2 atom stereocenters. The van der Waals surface area contributed by atoms with Gasteiger partial charge in [-0.15, -0.1) is 0 Å². The second-order valence-corrected chi connectivity index (χ2v) is 3.91. The van der Waals surface area contributed by atoms with E-state index in [9.17, 15) is 4.79 Å². The van der Waals surface area contributed by atoms with Crippen molar-refractivity contribution in [1.29, 1.82) is 0 Å². The first-order valence-corrected chi connectivity index (χ1v) is 5.83. The third kappa shape index (κ3) is 5.74. The quantitative estimate of drug-likeness (QED) is 0.653. The van der Waals surface area contributed by atoms with Gasteiger partial charge in [0.25, 0.3) is 0 Å². The van der Waals surface area contributed by atoms with Crippen molar-refractivity contribution in [3.05, 3.63) is 0 Å². The third-order valence-electron chi connectivity index (χ3n) is 2.59. The van der Waals surface area contributed by atoms with Gasteiger partial charge in [-0.1, -0.05) is 20.8 Å². The zero-order valence-electron chi connectivity index (χ0n) is 10.4. The minimum atomic E-state index is -0.371. The average Bonchev–Trinajstić information content (AvgIpc) is 2.24. The molecule has 0 aliphatic heterocycles. The molecule has 0 spiro atoms. The molecule has 4 heteroatoms. The Kier molecular flexibility index (Phi) is 7.34. The molecule has 15 heavy (non-hydrogen) atoms. The van der Waals surface area contributed by atoms with Gasteiger partial charge in [0.15, 0.2) is 0 Å². The van der Waals surface area contributed by atoms with Crippen LogP contribution in [0.4, 0.5) is 0 Å². The van der Waals surface area contributed by atoms with E-state index in [1.165, 1.54) is 0 Å². The number of carbonyl (C=O) groups is 1.